The predicted molar refractivity (Wildman–Crippen MR) is 75.8 cm³/mol. The second-order valence-corrected chi connectivity index (χ2v) is 5.64. The third-order valence-electron chi connectivity index (χ3n) is 4.44. The zero-order valence-corrected chi connectivity index (χ0v) is 11.6. The Morgan fingerprint density at radius 1 is 1.22 bits per heavy atom. The van der Waals surface area contributed by atoms with E-state index in [1.54, 1.807) is 7.11 Å². The molecular weight excluding hydrogens is 222 g/mol. The Bertz CT molecular complexity index is 365. The first kappa shape index (κ1) is 13.6. The zero-order chi connectivity index (χ0) is 13.0. The van der Waals surface area contributed by atoms with Crippen molar-refractivity contribution in [1.82, 2.24) is 0 Å². The standard InChI is InChI=1S/C16H25NO/c1-13(18-2)11-14-5-7-15(8-6-14)16(12-17)9-3-4-10-16/h5-8,13H,3-4,9-12,17H2,1-2H3. The Hall–Kier alpha value is -0.860. The lowest BCUT2D eigenvalue weighted by atomic mass is 9.78. The summed E-state index contributed by atoms with van der Waals surface area (Å²) in [6.07, 6.45) is 6.39. The van der Waals surface area contributed by atoms with Crippen LogP contribution in [-0.4, -0.2) is 19.8 Å². The van der Waals surface area contributed by atoms with Crippen LogP contribution in [-0.2, 0) is 16.6 Å². The average molecular weight is 247 g/mol. The van der Waals surface area contributed by atoms with E-state index in [0.29, 0.717) is 0 Å². The van der Waals surface area contributed by atoms with Crippen molar-refractivity contribution in [2.45, 2.75) is 50.5 Å². The van der Waals surface area contributed by atoms with E-state index in [0.717, 1.165) is 13.0 Å². The highest BCUT2D eigenvalue weighted by molar-refractivity contribution is 5.31. The molecule has 18 heavy (non-hydrogen) atoms. The molecule has 2 nitrogen and oxygen atoms in total. The van der Waals surface area contributed by atoms with E-state index in [4.69, 9.17) is 10.5 Å². The number of benzene rings is 1. The molecular formula is C16H25NO. The van der Waals surface area contributed by atoms with E-state index in [1.807, 2.05) is 0 Å². The molecule has 0 bridgehead atoms. The second-order valence-electron chi connectivity index (χ2n) is 5.64. The van der Waals surface area contributed by atoms with Gasteiger partial charge in [0, 0.05) is 19.1 Å². The smallest absolute Gasteiger partial charge is 0.0583 e. The van der Waals surface area contributed by atoms with Crippen molar-refractivity contribution in [2.75, 3.05) is 13.7 Å². The molecule has 0 aliphatic heterocycles. The fourth-order valence-corrected chi connectivity index (χ4v) is 3.07. The molecule has 1 unspecified atom stereocenters. The van der Waals surface area contributed by atoms with E-state index >= 15 is 0 Å². The van der Waals surface area contributed by atoms with Gasteiger partial charge in [-0.15, -0.1) is 0 Å². The Morgan fingerprint density at radius 3 is 2.33 bits per heavy atom. The Kier molecular flexibility index (Phi) is 4.41. The number of hydrogen-bond acceptors (Lipinski definition) is 2. The monoisotopic (exact) mass is 247 g/mol. The highest BCUT2D eigenvalue weighted by Crippen LogP contribution is 2.40. The topological polar surface area (TPSA) is 35.2 Å². The first-order chi connectivity index (χ1) is 8.70. The maximum absolute atomic E-state index is 6.02. The van der Waals surface area contributed by atoms with Crippen LogP contribution in [0.15, 0.2) is 24.3 Å². The Balaban J connectivity index is 2.11. The average Bonchev–Trinajstić information content (AvgIpc) is 2.89. The van der Waals surface area contributed by atoms with Gasteiger partial charge in [0.05, 0.1) is 6.10 Å². The van der Waals surface area contributed by atoms with Crippen molar-refractivity contribution in [3.63, 3.8) is 0 Å². The van der Waals surface area contributed by atoms with Gasteiger partial charge in [-0.05, 0) is 37.3 Å². The van der Waals surface area contributed by atoms with Gasteiger partial charge in [0.2, 0.25) is 0 Å². The van der Waals surface area contributed by atoms with E-state index in [2.05, 4.69) is 31.2 Å². The molecule has 2 heteroatoms. The number of hydrogen-bond donors (Lipinski definition) is 1. The van der Waals surface area contributed by atoms with E-state index in [9.17, 15) is 0 Å². The SMILES string of the molecule is COC(C)Cc1ccc(C2(CN)CCCC2)cc1. The van der Waals surface area contributed by atoms with E-state index in [-0.39, 0.29) is 11.5 Å². The lowest BCUT2D eigenvalue weighted by Gasteiger charge is -2.28. The van der Waals surface area contributed by atoms with Gasteiger partial charge in [-0.3, -0.25) is 0 Å². The normalized spacial score (nSPS) is 19.9. The number of methoxy groups -OCH3 is 1. The van der Waals surface area contributed by atoms with Crippen LogP contribution >= 0.6 is 0 Å². The first-order valence-corrected chi connectivity index (χ1v) is 7.02. The number of ether oxygens (including phenoxy) is 1. The van der Waals surface area contributed by atoms with Crippen LogP contribution in [0.5, 0.6) is 0 Å². The summed E-state index contributed by atoms with van der Waals surface area (Å²) in [7, 11) is 1.76. The van der Waals surface area contributed by atoms with Crippen molar-refractivity contribution < 1.29 is 4.74 Å². The van der Waals surface area contributed by atoms with Gasteiger partial charge in [0.25, 0.3) is 0 Å². The molecule has 0 amide bonds. The maximum Gasteiger partial charge on any atom is 0.0583 e. The molecule has 0 radical (unpaired) electrons. The summed E-state index contributed by atoms with van der Waals surface area (Å²) in [4.78, 5) is 0. The van der Waals surface area contributed by atoms with Gasteiger partial charge >= 0.3 is 0 Å². The third-order valence-corrected chi connectivity index (χ3v) is 4.44. The molecule has 1 atom stereocenters. The molecule has 100 valence electrons. The fraction of sp³-hybridized carbons (Fsp3) is 0.625. The number of rotatable bonds is 5. The van der Waals surface area contributed by atoms with Gasteiger partial charge in [0.15, 0.2) is 0 Å². The summed E-state index contributed by atoms with van der Waals surface area (Å²) in [5, 5.41) is 0. The largest absolute Gasteiger partial charge is 0.381 e. The van der Waals surface area contributed by atoms with Crippen LogP contribution in [0.3, 0.4) is 0 Å². The minimum absolute atomic E-state index is 0.255. The zero-order valence-electron chi connectivity index (χ0n) is 11.6. The van der Waals surface area contributed by atoms with Crippen LogP contribution in [0, 0.1) is 0 Å². The van der Waals surface area contributed by atoms with Crippen molar-refractivity contribution in [3.8, 4) is 0 Å². The van der Waals surface area contributed by atoms with Crippen LogP contribution in [0.2, 0.25) is 0 Å². The first-order valence-electron chi connectivity index (χ1n) is 7.02. The summed E-state index contributed by atoms with van der Waals surface area (Å²) < 4.78 is 5.31. The minimum atomic E-state index is 0.255. The molecule has 0 heterocycles. The molecule has 1 saturated carbocycles. The van der Waals surface area contributed by atoms with Crippen LogP contribution in [0.25, 0.3) is 0 Å². The predicted octanol–water partition coefficient (Wildman–Crippen LogP) is 3.03. The molecule has 1 aliphatic carbocycles. The lowest BCUT2D eigenvalue weighted by molar-refractivity contribution is 0.119. The fourth-order valence-electron chi connectivity index (χ4n) is 3.07. The van der Waals surface area contributed by atoms with Gasteiger partial charge in [-0.2, -0.15) is 0 Å². The van der Waals surface area contributed by atoms with Gasteiger partial charge in [-0.25, -0.2) is 0 Å². The van der Waals surface area contributed by atoms with Gasteiger partial charge in [-0.1, -0.05) is 37.1 Å². The third kappa shape index (κ3) is 2.76. The molecule has 0 saturated heterocycles. The summed E-state index contributed by atoms with van der Waals surface area (Å²) in [6.45, 7) is 2.88. The second kappa shape index (κ2) is 5.85. The molecule has 1 aliphatic rings. The maximum atomic E-state index is 6.02. The Labute approximate surface area is 111 Å². The highest BCUT2D eigenvalue weighted by atomic mass is 16.5. The lowest BCUT2D eigenvalue weighted by Crippen LogP contribution is -2.31. The van der Waals surface area contributed by atoms with Crippen LogP contribution in [0.1, 0.15) is 43.7 Å². The van der Waals surface area contributed by atoms with Crippen molar-refractivity contribution in [2.24, 2.45) is 5.73 Å². The summed E-state index contributed by atoms with van der Waals surface area (Å²) in [5.74, 6) is 0. The van der Waals surface area contributed by atoms with Crippen molar-refractivity contribution in [1.29, 1.82) is 0 Å². The van der Waals surface area contributed by atoms with Crippen LogP contribution in [0.4, 0.5) is 0 Å². The molecule has 1 aromatic carbocycles. The van der Waals surface area contributed by atoms with Crippen LogP contribution < -0.4 is 5.73 Å². The van der Waals surface area contributed by atoms with Crippen molar-refractivity contribution in [3.05, 3.63) is 35.4 Å². The molecule has 0 aromatic heterocycles. The summed E-state index contributed by atoms with van der Waals surface area (Å²) in [6, 6.07) is 9.02. The molecule has 2 N–H and O–H groups in total. The van der Waals surface area contributed by atoms with E-state index in [1.165, 1.54) is 36.8 Å². The molecule has 1 aromatic rings. The molecule has 2 rings (SSSR count). The number of nitrogens with two attached hydrogens (primary N) is 1. The quantitative estimate of drug-likeness (QED) is 0.868. The minimum Gasteiger partial charge on any atom is -0.381 e. The van der Waals surface area contributed by atoms with Gasteiger partial charge in [0.1, 0.15) is 0 Å². The molecule has 0 spiro atoms. The molecule has 1 fully saturated rings. The van der Waals surface area contributed by atoms with Gasteiger partial charge < -0.3 is 10.5 Å². The summed E-state index contributed by atoms with van der Waals surface area (Å²) in [5.41, 5.74) is 9.05. The highest BCUT2D eigenvalue weighted by Gasteiger charge is 2.33. The van der Waals surface area contributed by atoms with Crippen molar-refractivity contribution >= 4 is 0 Å². The Morgan fingerprint density at radius 2 is 1.83 bits per heavy atom. The van der Waals surface area contributed by atoms with E-state index < -0.39 is 0 Å². The summed E-state index contributed by atoms with van der Waals surface area (Å²) >= 11 is 0.